The van der Waals surface area contributed by atoms with Crippen LogP contribution >= 0.6 is 0 Å². The molecule has 0 aliphatic heterocycles. The second kappa shape index (κ2) is 6.41. The molecule has 1 unspecified atom stereocenters. The lowest BCUT2D eigenvalue weighted by Crippen LogP contribution is -2.29. The summed E-state index contributed by atoms with van der Waals surface area (Å²) < 4.78 is 10.7. The van der Waals surface area contributed by atoms with Crippen LogP contribution in [-0.4, -0.2) is 25.1 Å². The van der Waals surface area contributed by atoms with Gasteiger partial charge in [0, 0.05) is 0 Å². The van der Waals surface area contributed by atoms with Crippen LogP contribution in [0.5, 0.6) is 11.5 Å². The average molecular weight is 286 g/mol. The predicted octanol–water partition coefficient (Wildman–Crippen LogP) is 2.79. The number of hydrogen-bond donors (Lipinski definition) is 1. The number of aldehydes is 1. The first-order chi connectivity index (χ1) is 10.1. The van der Waals surface area contributed by atoms with Gasteiger partial charge in [-0.05, 0) is 30.7 Å². The van der Waals surface area contributed by atoms with Crippen molar-refractivity contribution in [2.75, 3.05) is 13.7 Å². The third kappa shape index (κ3) is 3.61. The van der Waals surface area contributed by atoms with E-state index in [1.165, 1.54) is 7.11 Å². The molecule has 110 valence electrons. The first kappa shape index (κ1) is 15.1. The lowest BCUT2D eigenvalue weighted by atomic mass is 9.97. The zero-order valence-electron chi connectivity index (χ0n) is 12.1. The van der Waals surface area contributed by atoms with E-state index in [-0.39, 0.29) is 6.61 Å². The number of aliphatic hydroxyl groups is 1. The fourth-order valence-corrected chi connectivity index (χ4v) is 1.98. The SMILES string of the molecule is COc1ccc(OCC(C)(O)c2ccccc2)c(C=O)c1. The van der Waals surface area contributed by atoms with E-state index in [0.29, 0.717) is 23.3 Å². The van der Waals surface area contributed by atoms with Gasteiger partial charge < -0.3 is 14.6 Å². The molecule has 0 aliphatic carbocycles. The summed E-state index contributed by atoms with van der Waals surface area (Å²) in [5.74, 6) is 1.00. The number of ether oxygens (including phenoxy) is 2. The molecule has 4 heteroatoms. The largest absolute Gasteiger partial charge is 0.497 e. The second-order valence-corrected chi connectivity index (χ2v) is 4.95. The Labute approximate surface area is 123 Å². The Morgan fingerprint density at radius 3 is 2.52 bits per heavy atom. The van der Waals surface area contributed by atoms with Crippen LogP contribution in [0, 0.1) is 0 Å². The molecule has 0 spiro atoms. The lowest BCUT2D eigenvalue weighted by Gasteiger charge is -2.24. The van der Waals surface area contributed by atoms with E-state index in [1.54, 1.807) is 25.1 Å². The molecule has 4 nitrogen and oxygen atoms in total. The number of benzene rings is 2. The highest BCUT2D eigenvalue weighted by molar-refractivity contribution is 5.80. The van der Waals surface area contributed by atoms with Crippen molar-refractivity contribution in [1.82, 2.24) is 0 Å². The predicted molar refractivity (Wildman–Crippen MR) is 79.9 cm³/mol. The van der Waals surface area contributed by atoms with Crippen LogP contribution in [0.15, 0.2) is 48.5 Å². The molecule has 1 atom stereocenters. The minimum Gasteiger partial charge on any atom is -0.497 e. The van der Waals surface area contributed by atoms with Crippen LogP contribution < -0.4 is 9.47 Å². The van der Waals surface area contributed by atoms with E-state index in [9.17, 15) is 9.90 Å². The molecule has 21 heavy (non-hydrogen) atoms. The van der Waals surface area contributed by atoms with Crippen LogP contribution in [0.1, 0.15) is 22.8 Å². The summed E-state index contributed by atoms with van der Waals surface area (Å²) in [6, 6.07) is 14.2. The Balaban J connectivity index is 2.14. The molecule has 0 saturated carbocycles. The van der Waals surface area contributed by atoms with Gasteiger partial charge in [0.25, 0.3) is 0 Å². The number of carbonyl (C=O) groups excluding carboxylic acids is 1. The highest BCUT2D eigenvalue weighted by atomic mass is 16.5. The highest BCUT2D eigenvalue weighted by Gasteiger charge is 2.24. The second-order valence-electron chi connectivity index (χ2n) is 4.95. The number of carbonyl (C=O) groups is 1. The summed E-state index contributed by atoms with van der Waals surface area (Å²) in [7, 11) is 1.53. The molecule has 0 fully saturated rings. The van der Waals surface area contributed by atoms with Gasteiger partial charge >= 0.3 is 0 Å². The molecule has 0 saturated heterocycles. The van der Waals surface area contributed by atoms with E-state index in [1.807, 2.05) is 30.3 Å². The minimum atomic E-state index is -1.14. The third-order valence-electron chi connectivity index (χ3n) is 3.25. The van der Waals surface area contributed by atoms with Crippen molar-refractivity contribution in [3.63, 3.8) is 0 Å². The van der Waals surface area contributed by atoms with E-state index >= 15 is 0 Å². The molecule has 0 aliphatic rings. The zero-order chi connectivity index (χ0) is 15.3. The fraction of sp³-hybridized carbons (Fsp3) is 0.235. The van der Waals surface area contributed by atoms with Crippen molar-refractivity contribution in [2.24, 2.45) is 0 Å². The van der Waals surface area contributed by atoms with Gasteiger partial charge in [-0.25, -0.2) is 0 Å². The summed E-state index contributed by atoms with van der Waals surface area (Å²) in [6.45, 7) is 1.72. The van der Waals surface area contributed by atoms with Gasteiger partial charge in [0.2, 0.25) is 0 Å². The van der Waals surface area contributed by atoms with Crippen molar-refractivity contribution in [2.45, 2.75) is 12.5 Å². The Hall–Kier alpha value is -2.33. The van der Waals surface area contributed by atoms with Gasteiger partial charge in [-0.2, -0.15) is 0 Å². The third-order valence-corrected chi connectivity index (χ3v) is 3.25. The minimum absolute atomic E-state index is 0.0458. The zero-order valence-corrected chi connectivity index (χ0v) is 12.1. The summed E-state index contributed by atoms with van der Waals surface area (Å²) in [6.07, 6.45) is 0.703. The molecule has 0 heterocycles. The summed E-state index contributed by atoms with van der Waals surface area (Å²) in [5.41, 5.74) is 0.00538. The fourth-order valence-electron chi connectivity index (χ4n) is 1.98. The normalized spacial score (nSPS) is 13.3. The van der Waals surface area contributed by atoms with Gasteiger partial charge in [-0.3, -0.25) is 4.79 Å². The molecule has 1 N–H and O–H groups in total. The number of rotatable bonds is 6. The molecule has 0 radical (unpaired) electrons. The van der Waals surface area contributed by atoms with Gasteiger partial charge in [0.1, 0.15) is 23.7 Å². The van der Waals surface area contributed by atoms with Crippen LogP contribution in [0.2, 0.25) is 0 Å². The van der Waals surface area contributed by atoms with Crippen LogP contribution in [0.4, 0.5) is 0 Å². The van der Waals surface area contributed by atoms with Gasteiger partial charge in [0.15, 0.2) is 6.29 Å². The van der Waals surface area contributed by atoms with Crippen LogP contribution in [-0.2, 0) is 5.60 Å². The monoisotopic (exact) mass is 286 g/mol. The molecule has 0 bridgehead atoms. The van der Waals surface area contributed by atoms with Gasteiger partial charge in [-0.15, -0.1) is 0 Å². The first-order valence-corrected chi connectivity index (χ1v) is 6.61. The molecular formula is C17H18O4. The summed E-state index contributed by atoms with van der Waals surface area (Å²) >= 11 is 0. The molecule has 2 aromatic carbocycles. The standard InChI is InChI=1S/C17H18O4/c1-17(19,14-6-4-3-5-7-14)12-21-16-9-8-15(20-2)10-13(16)11-18/h3-11,19H,12H2,1-2H3. The topological polar surface area (TPSA) is 55.8 Å². The Morgan fingerprint density at radius 2 is 1.90 bits per heavy atom. The number of hydrogen-bond acceptors (Lipinski definition) is 4. The van der Waals surface area contributed by atoms with E-state index in [4.69, 9.17) is 9.47 Å². The Kier molecular flexibility index (Phi) is 4.60. The maximum absolute atomic E-state index is 11.1. The highest BCUT2D eigenvalue weighted by Crippen LogP contribution is 2.26. The van der Waals surface area contributed by atoms with E-state index in [2.05, 4.69) is 0 Å². The average Bonchev–Trinajstić information content (AvgIpc) is 2.53. The molecule has 0 amide bonds. The van der Waals surface area contributed by atoms with Crippen molar-refractivity contribution in [3.8, 4) is 11.5 Å². The van der Waals surface area contributed by atoms with Crippen LogP contribution in [0.25, 0.3) is 0 Å². The maximum Gasteiger partial charge on any atom is 0.153 e. The Bertz CT molecular complexity index is 605. The lowest BCUT2D eigenvalue weighted by molar-refractivity contribution is 0.00738. The Morgan fingerprint density at radius 1 is 1.19 bits per heavy atom. The summed E-state index contributed by atoms with van der Waals surface area (Å²) in [5, 5.41) is 10.5. The smallest absolute Gasteiger partial charge is 0.153 e. The summed E-state index contributed by atoms with van der Waals surface area (Å²) in [4.78, 5) is 11.1. The van der Waals surface area contributed by atoms with Gasteiger partial charge in [-0.1, -0.05) is 30.3 Å². The first-order valence-electron chi connectivity index (χ1n) is 6.61. The van der Waals surface area contributed by atoms with Crippen molar-refractivity contribution < 1.29 is 19.4 Å². The molecule has 2 aromatic rings. The van der Waals surface area contributed by atoms with Crippen LogP contribution in [0.3, 0.4) is 0 Å². The van der Waals surface area contributed by atoms with E-state index in [0.717, 1.165) is 5.56 Å². The maximum atomic E-state index is 11.1. The van der Waals surface area contributed by atoms with Gasteiger partial charge in [0.05, 0.1) is 12.7 Å². The van der Waals surface area contributed by atoms with Crippen molar-refractivity contribution in [1.29, 1.82) is 0 Å². The quantitative estimate of drug-likeness (QED) is 0.830. The molecule has 2 rings (SSSR count). The van der Waals surface area contributed by atoms with E-state index < -0.39 is 5.60 Å². The molecule has 0 aromatic heterocycles. The van der Waals surface area contributed by atoms with Crippen molar-refractivity contribution in [3.05, 3.63) is 59.7 Å². The molecular weight excluding hydrogens is 268 g/mol. The van der Waals surface area contributed by atoms with Crippen molar-refractivity contribution >= 4 is 6.29 Å². The number of methoxy groups -OCH3 is 1.